The fourth-order valence-corrected chi connectivity index (χ4v) is 3.14. The number of amides is 2. The van der Waals surface area contributed by atoms with Crippen LogP contribution in [0.2, 0.25) is 5.02 Å². The van der Waals surface area contributed by atoms with Crippen molar-refractivity contribution < 1.29 is 4.79 Å². The molecule has 0 spiro atoms. The third kappa shape index (κ3) is 4.13. The summed E-state index contributed by atoms with van der Waals surface area (Å²) in [5.41, 5.74) is 1.29. The average Bonchev–Trinajstić information content (AvgIpc) is 2.75. The molecule has 2 rings (SSSR count). The molecule has 3 nitrogen and oxygen atoms in total. The summed E-state index contributed by atoms with van der Waals surface area (Å²) in [7, 11) is 0. The molecule has 1 aromatic rings. The number of nitrogens with zero attached hydrogens (tertiary/aromatic N) is 2. The van der Waals surface area contributed by atoms with E-state index in [4.69, 9.17) is 11.6 Å². The van der Waals surface area contributed by atoms with Crippen LogP contribution in [0.3, 0.4) is 0 Å². The van der Waals surface area contributed by atoms with Crippen molar-refractivity contribution in [2.24, 2.45) is 0 Å². The van der Waals surface area contributed by atoms with E-state index in [0.29, 0.717) is 5.92 Å². The van der Waals surface area contributed by atoms with Gasteiger partial charge in [-0.1, -0.05) is 30.2 Å². The summed E-state index contributed by atoms with van der Waals surface area (Å²) in [6.07, 6.45) is 3.41. The van der Waals surface area contributed by atoms with E-state index in [1.54, 1.807) is 0 Å². The van der Waals surface area contributed by atoms with Gasteiger partial charge in [0, 0.05) is 37.1 Å². The topological polar surface area (TPSA) is 23.6 Å². The van der Waals surface area contributed by atoms with E-state index in [2.05, 4.69) is 12.1 Å². The molecule has 0 aromatic heterocycles. The molecule has 0 saturated carbocycles. The number of benzene rings is 1. The maximum Gasteiger partial charge on any atom is 0.319 e. The standard InChI is InChI=1S/C17H25ClN2O/c1-3-19(4-2)17(21)20-12-6-5-7-15(13-20)14-8-10-16(18)11-9-14/h8-11,15H,3-7,12-13H2,1-2H3. The van der Waals surface area contributed by atoms with Crippen LogP contribution in [0.4, 0.5) is 4.79 Å². The molecule has 116 valence electrons. The third-order valence-corrected chi connectivity index (χ3v) is 4.57. The van der Waals surface area contributed by atoms with Crippen molar-refractivity contribution in [1.82, 2.24) is 9.80 Å². The summed E-state index contributed by atoms with van der Waals surface area (Å²) in [5.74, 6) is 0.421. The number of carbonyl (C=O) groups is 1. The highest BCUT2D eigenvalue weighted by atomic mass is 35.5. The molecule has 1 fully saturated rings. The van der Waals surface area contributed by atoms with Gasteiger partial charge in [0.05, 0.1) is 0 Å². The lowest BCUT2D eigenvalue weighted by Crippen LogP contribution is -2.44. The lowest BCUT2D eigenvalue weighted by Gasteiger charge is -2.30. The van der Waals surface area contributed by atoms with E-state index in [1.165, 1.54) is 12.0 Å². The van der Waals surface area contributed by atoms with Gasteiger partial charge in [-0.3, -0.25) is 0 Å². The minimum absolute atomic E-state index is 0.181. The van der Waals surface area contributed by atoms with E-state index in [-0.39, 0.29) is 6.03 Å². The molecule has 0 bridgehead atoms. The lowest BCUT2D eigenvalue weighted by molar-refractivity contribution is 0.157. The molecule has 1 aliphatic rings. The van der Waals surface area contributed by atoms with Gasteiger partial charge in [0.1, 0.15) is 0 Å². The molecule has 0 N–H and O–H groups in total. The summed E-state index contributed by atoms with van der Waals surface area (Å²) in [6, 6.07) is 8.26. The Kier molecular flexibility index (Phi) is 5.92. The second-order valence-corrected chi connectivity index (χ2v) is 6.08. The third-order valence-electron chi connectivity index (χ3n) is 4.32. The molecule has 0 radical (unpaired) electrons. The normalized spacial score (nSPS) is 19.2. The average molecular weight is 309 g/mol. The van der Waals surface area contributed by atoms with Crippen LogP contribution in [0.15, 0.2) is 24.3 Å². The Morgan fingerprint density at radius 2 is 1.90 bits per heavy atom. The monoisotopic (exact) mass is 308 g/mol. The van der Waals surface area contributed by atoms with Crippen LogP contribution >= 0.6 is 11.6 Å². The highest BCUT2D eigenvalue weighted by Crippen LogP contribution is 2.27. The lowest BCUT2D eigenvalue weighted by atomic mass is 9.94. The van der Waals surface area contributed by atoms with Gasteiger partial charge < -0.3 is 9.80 Å². The van der Waals surface area contributed by atoms with Gasteiger partial charge in [-0.25, -0.2) is 4.79 Å². The van der Waals surface area contributed by atoms with Gasteiger partial charge in [0.2, 0.25) is 0 Å². The van der Waals surface area contributed by atoms with Gasteiger partial charge in [-0.15, -0.1) is 0 Å². The van der Waals surface area contributed by atoms with Crippen LogP contribution < -0.4 is 0 Å². The van der Waals surface area contributed by atoms with Gasteiger partial charge in [0.15, 0.2) is 0 Å². The van der Waals surface area contributed by atoms with Crippen LogP contribution in [-0.2, 0) is 0 Å². The predicted molar refractivity (Wildman–Crippen MR) is 87.9 cm³/mol. The van der Waals surface area contributed by atoms with E-state index in [9.17, 15) is 4.79 Å². The van der Waals surface area contributed by atoms with E-state index < -0.39 is 0 Å². The molecule has 1 heterocycles. The van der Waals surface area contributed by atoms with Crippen LogP contribution in [0.25, 0.3) is 0 Å². The first-order valence-electron chi connectivity index (χ1n) is 7.95. The Morgan fingerprint density at radius 3 is 2.52 bits per heavy atom. The second kappa shape index (κ2) is 7.69. The molecule has 21 heavy (non-hydrogen) atoms. The van der Waals surface area contributed by atoms with Crippen LogP contribution in [-0.4, -0.2) is 42.0 Å². The minimum Gasteiger partial charge on any atom is -0.325 e. The van der Waals surface area contributed by atoms with Gasteiger partial charge in [-0.05, 0) is 44.4 Å². The number of hydrogen-bond acceptors (Lipinski definition) is 1. The molecular weight excluding hydrogens is 284 g/mol. The number of rotatable bonds is 3. The highest BCUT2D eigenvalue weighted by Gasteiger charge is 2.25. The zero-order valence-electron chi connectivity index (χ0n) is 13.0. The highest BCUT2D eigenvalue weighted by molar-refractivity contribution is 6.30. The molecule has 2 amide bonds. The second-order valence-electron chi connectivity index (χ2n) is 5.65. The van der Waals surface area contributed by atoms with Crippen molar-refractivity contribution in [2.75, 3.05) is 26.2 Å². The number of hydrogen-bond donors (Lipinski definition) is 0. The van der Waals surface area contributed by atoms with Crippen molar-refractivity contribution in [2.45, 2.75) is 39.0 Å². The summed E-state index contributed by atoms with van der Waals surface area (Å²) in [6.45, 7) is 7.32. The molecule has 1 aliphatic heterocycles. The maximum atomic E-state index is 12.6. The fourth-order valence-electron chi connectivity index (χ4n) is 3.02. The molecule has 1 aromatic carbocycles. The Balaban J connectivity index is 2.10. The molecular formula is C17H25ClN2O. The summed E-state index contributed by atoms with van der Waals surface area (Å²) in [5, 5.41) is 0.767. The minimum atomic E-state index is 0.181. The summed E-state index contributed by atoms with van der Waals surface area (Å²) in [4.78, 5) is 16.5. The van der Waals surface area contributed by atoms with Gasteiger partial charge >= 0.3 is 6.03 Å². The fraction of sp³-hybridized carbons (Fsp3) is 0.588. The number of likely N-dealkylation sites (tertiary alicyclic amines) is 1. The summed E-state index contributed by atoms with van der Waals surface area (Å²) >= 11 is 5.97. The van der Waals surface area contributed by atoms with Gasteiger partial charge in [0.25, 0.3) is 0 Å². The molecule has 1 unspecified atom stereocenters. The van der Waals surface area contributed by atoms with Crippen molar-refractivity contribution in [1.29, 1.82) is 0 Å². The maximum absolute atomic E-state index is 12.6. The van der Waals surface area contributed by atoms with Crippen molar-refractivity contribution in [3.63, 3.8) is 0 Å². The van der Waals surface area contributed by atoms with E-state index in [1.807, 2.05) is 35.8 Å². The molecule has 0 aliphatic carbocycles. The largest absolute Gasteiger partial charge is 0.325 e. The van der Waals surface area contributed by atoms with Crippen LogP contribution in [0.5, 0.6) is 0 Å². The first-order chi connectivity index (χ1) is 10.2. The Bertz CT molecular complexity index is 456. The van der Waals surface area contributed by atoms with E-state index in [0.717, 1.165) is 44.0 Å². The number of carbonyl (C=O) groups excluding carboxylic acids is 1. The van der Waals surface area contributed by atoms with E-state index >= 15 is 0 Å². The smallest absolute Gasteiger partial charge is 0.319 e. The van der Waals surface area contributed by atoms with Crippen LogP contribution in [0.1, 0.15) is 44.6 Å². The quantitative estimate of drug-likeness (QED) is 0.813. The summed E-state index contributed by atoms with van der Waals surface area (Å²) < 4.78 is 0. The Morgan fingerprint density at radius 1 is 1.24 bits per heavy atom. The zero-order chi connectivity index (χ0) is 15.2. The zero-order valence-corrected chi connectivity index (χ0v) is 13.8. The first kappa shape index (κ1) is 16.2. The SMILES string of the molecule is CCN(CC)C(=O)N1CCCCC(c2ccc(Cl)cc2)C1. The van der Waals surface area contributed by atoms with Gasteiger partial charge in [-0.2, -0.15) is 0 Å². The van der Waals surface area contributed by atoms with Crippen molar-refractivity contribution >= 4 is 17.6 Å². The molecule has 4 heteroatoms. The van der Waals surface area contributed by atoms with Crippen molar-refractivity contribution in [3.05, 3.63) is 34.9 Å². The first-order valence-corrected chi connectivity index (χ1v) is 8.32. The number of halogens is 1. The Hall–Kier alpha value is -1.22. The molecule has 1 saturated heterocycles. The molecule has 1 atom stereocenters. The number of urea groups is 1. The van der Waals surface area contributed by atoms with Crippen molar-refractivity contribution in [3.8, 4) is 0 Å². The predicted octanol–water partition coefficient (Wildman–Crippen LogP) is 4.37. The van der Waals surface area contributed by atoms with Crippen LogP contribution in [0, 0.1) is 0 Å². The Labute approximate surface area is 132 Å².